The third-order valence-corrected chi connectivity index (χ3v) is 3.71. The number of rotatable bonds is 4. The largest absolute Gasteiger partial charge is 0.486 e. The van der Waals surface area contributed by atoms with Gasteiger partial charge in [0.05, 0.1) is 17.2 Å². The molecule has 0 fully saturated rings. The van der Waals surface area contributed by atoms with E-state index < -0.39 is 18.0 Å². The molecule has 1 amide bonds. The summed E-state index contributed by atoms with van der Waals surface area (Å²) in [6.07, 6.45) is -0.994. The predicted octanol–water partition coefficient (Wildman–Crippen LogP) is 2.51. The Morgan fingerprint density at radius 3 is 2.50 bits per heavy atom. The van der Waals surface area contributed by atoms with Gasteiger partial charge in [-0.2, -0.15) is 5.26 Å². The van der Waals surface area contributed by atoms with E-state index in [2.05, 4.69) is 5.32 Å². The molecule has 1 atom stereocenters. The second-order valence-electron chi connectivity index (χ2n) is 5.58. The molecule has 1 aliphatic rings. The second kappa shape index (κ2) is 7.57. The van der Waals surface area contributed by atoms with Crippen LogP contribution in [0, 0.1) is 11.3 Å². The minimum atomic E-state index is -0.994. The molecule has 3 rings (SSSR count). The van der Waals surface area contributed by atoms with E-state index in [0.717, 1.165) is 0 Å². The Morgan fingerprint density at radius 1 is 1.12 bits per heavy atom. The van der Waals surface area contributed by atoms with Crippen molar-refractivity contribution in [2.75, 3.05) is 18.5 Å². The Hall–Kier alpha value is -3.53. The zero-order valence-corrected chi connectivity index (χ0v) is 14.0. The van der Waals surface area contributed by atoms with Crippen LogP contribution in [0.1, 0.15) is 22.8 Å². The smallest absolute Gasteiger partial charge is 0.339 e. The molecule has 2 aromatic carbocycles. The molecule has 7 nitrogen and oxygen atoms in total. The summed E-state index contributed by atoms with van der Waals surface area (Å²) < 4.78 is 16.0. The Balaban J connectivity index is 1.61. The van der Waals surface area contributed by atoms with Crippen molar-refractivity contribution in [3.63, 3.8) is 0 Å². The van der Waals surface area contributed by atoms with Crippen LogP contribution in [-0.4, -0.2) is 31.2 Å². The summed E-state index contributed by atoms with van der Waals surface area (Å²) in [5.41, 5.74) is 1.27. The molecule has 1 aliphatic heterocycles. The molecule has 1 N–H and O–H groups in total. The normalized spacial score (nSPS) is 13.2. The van der Waals surface area contributed by atoms with Crippen molar-refractivity contribution in [1.82, 2.24) is 0 Å². The number of esters is 1. The monoisotopic (exact) mass is 352 g/mol. The van der Waals surface area contributed by atoms with Crippen molar-refractivity contribution < 1.29 is 23.8 Å². The first-order valence-electron chi connectivity index (χ1n) is 7.98. The van der Waals surface area contributed by atoms with Gasteiger partial charge < -0.3 is 19.5 Å². The number of carbonyl (C=O) groups excluding carboxylic acids is 2. The van der Waals surface area contributed by atoms with Crippen LogP contribution in [-0.2, 0) is 9.53 Å². The van der Waals surface area contributed by atoms with Crippen LogP contribution in [0.5, 0.6) is 11.5 Å². The van der Waals surface area contributed by atoms with Crippen LogP contribution in [0.15, 0.2) is 42.5 Å². The first-order chi connectivity index (χ1) is 12.6. The number of fused-ring (bicyclic) bond motifs is 1. The van der Waals surface area contributed by atoms with Crippen molar-refractivity contribution in [2.45, 2.75) is 13.0 Å². The standard InChI is InChI=1S/C19H16N2O5/c1-12(18(22)21-15-5-2-13(11-20)3-6-15)26-19(23)14-4-7-16-17(10-14)25-9-8-24-16/h2-7,10,12H,8-9H2,1H3,(H,21,22)/t12-/m0/s1. The van der Waals surface area contributed by atoms with Crippen LogP contribution >= 0.6 is 0 Å². The van der Waals surface area contributed by atoms with E-state index >= 15 is 0 Å². The lowest BCUT2D eigenvalue weighted by Crippen LogP contribution is -2.30. The fourth-order valence-corrected chi connectivity index (χ4v) is 2.32. The topological polar surface area (TPSA) is 97.7 Å². The minimum absolute atomic E-state index is 0.271. The molecule has 0 aliphatic carbocycles. The van der Waals surface area contributed by atoms with Gasteiger partial charge in [-0.25, -0.2) is 4.79 Å². The third-order valence-electron chi connectivity index (χ3n) is 3.71. The molecule has 26 heavy (non-hydrogen) atoms. The SMILES string of the molecule is C[C@H](OC(=O)c1ccc2c(c1)OCCO2)C(=O)Nc1ccc(C#N)cc1. The average molecular weight is 352 g/mol. The summed E-state index contributed by atoms with van der Waals surface area (Å²) in [5, 5.41) is 11.4. The number of anilines is 1. The summed E-state index contributed by atoms with van der Waals surface area (Å²) in [6.45, 7) is 2.35. The molecule has 0 saturated carbocycles. The summed E-state index contributed by atoms with van der Waals surface area (Å²) in [6, 6.07) is 13.1. The van der Waals surface area contributed by atoms with E-state index in [1.165, 1.54) is 13.0 Å². The fourth-order valence-electron chi connectivity index (χ4n) is 2.32. The Morgan fingerprint density at radius 2 is 1.81 bits per heavy atom. The highest BCUT2D eigenvalue weighted by atomic mass is 16.6. The van der Waals surface area contributed by atoms with E-state index in [1.54, 1.807) is 36.4 Å². The van der Waals surface area contributed by atoms with Gasteiger partial charge in [0.2, 0.25) is 0 Å². The number of carbonyl (C=O) groups is 2. The van der Waals surface area contributed by atoms with Crippen LogP contribution in [0.25, 0.3) is 0 Å². The zero-order valence-electron chi connectivity index (χ0n) is 14.0. The number of nitrogens with one attached hydrogen (secondary N) is 1. The highest BCUT2D eigenvalue weighted by Crippen LogP contribution is 2.31. The van der Waals surface area contributed by atoms with Gasteiger partial charge in [-0.05, 0) is 49.4 Å². The number of hydrogen-bond donors (Lipinski definition) is 1. The predicted molar refractivity (Wildman–Crippen MR) is 92.1 cm³/mol. The Kier molecular flexibility index (Phi) is 5.04. The van der Waals surface area contributed by atoms with Crippen molar-refractivity contribution in [2.24, 2.45) is 0 Å². The Labute approximate surface area is 150 Å². The quantitative estimate of drug-likeness (QED) is 0.849. The highest BCUT2D eigenvalue weighted by molar-refractivity contribution is 5.97. The number of nitrogens with zero attached hydrogens (tertiary/aromatic N) is 1. The molecule has 0 unspecified atom stereocenters. The summed E-state index contributed by atoms with van der Waals surface area (Å²) in [7, 11) is 0. The number of ether oxygens (including phenoxy) is 3. The second-order valence-corrected chi connectivity index (χ2v) is 5.58. The van der Waals surface area contributed by atoms with Crippen LogP contribution in [0.3, 0.4) is 0 Å². The lowest BCUT2D eigenvalue weighted by Gasteiger charge is -2.19. The van der Waals surface area contributed by atoms with E-state index in [9.17, 15) is 9.59 Å². The molecule has 0 radical (unpaired) electrons. The lowest BCUT2D eigenvalue weighted by atomic mass is 10.2. The van der Waals surface area contributed by atoms with Gasteiger partial charge in [0.25, 0.3) is 5.91 Å². The molecular formula is C19H16N2O5. The average Bonchev–Trinajstić information content (AvgIpc) is 2.68. The van der Waals surface area contributed by atoms with Crippen LogP contribution in [0.2, 0.25) is 0 Å². The molecular weight excluding hydrogens is 336 g/mol. The van der Waals surface area contributed by atoms with Gasteiger partial charge in [0, 0.05) is 5.69 Å². The maximum absolute atomic E-state index is 12.2. The van der Waals surface area contributed by atoms with E-state index in [1.807, 2.05) is 6.07 Å². The molecule has 0 aromatic heterocycles. The highest BCUT2D eigenvalue weighted by Gasteiger charge is 2.21. The maximum atomic E-state index is 12.2. The molecule has 0 spiro atoms. The first kappa shape index (κ1) is 17.3. The van der Waals surface area contributed by atoms with Gasteiger partial charge in [0.1, 0.15) is 13.2 Å². The van der Waals surface area contributed by atoms with Gasteiger partial charge in [-0.1, -0.05) is 0 Å². The maximum Gasteiger partial charge on any atom is 0.339 e. The van der Waals surface area contributed by atoms with Crippen LogP contribution < -0.4 is 14.8 Å². The van der Waals surface area contributed by atoms with Crippen molar-refractivity contribution in [3.05, 3.63) is 53.6 Å². The van der Waals surface area contributed by atoms with Crippen molar-refractivity contribution >= 4 is 17.6 Å². The van der Waals surface area contributed by atoms with Gasteiger partial charge in [-0.3, -0.25) is 4.79 Å². The first-order valence-corrected chi connectivity index (χ1v) is 7.98. The van der Waals surface area contributed by atoms with E-state index in [-0.39, 0.29) is 5.56 Å². The van der Waals surface area contributed by atoms with Gasteiger partial charge >= 0.3 is 5.97 Å². The lowest BCUT2D eigenvalue weighted by molar-refractivity contribution is -0.123. The van der Waals surface area contributed by atoms with Gasteiger partial charge in [-0.15, -0.1) is 0 Å². The Bertz CT molecular complexity index is 870. The van der Waals surface area contributed by atoms with E-state index in [4.69, 9.17) is 19.5 Å². The number of benzene rings is 2. The van der Waals surface area contributed by atoms with Crippen molar-refractivity contribution in [3.8, 4) is 17.6 Å². The fraction of sp³-hybridized carbons (Fsp3) is 0.211. The molecule has 7 heteroatoms. The molecule has 0 saturated heterocycles. The zero-order chi connectivity index (χ0) is 18.5. The van der Waals surface area contributed by atoms with E-state index in [0.29, 0.717) is 36.0 Å². The molecule has 0 bridgehead atoms. The van der Waals surface area contributed by atoms with Crippen LogP contribution in [0.4, 0.5) is 5.69 Å². The molecule has 132 valence electrons. The number of amides is 1. The number of nitriles is 1. The number of hydrogen-bond acceptors (Lipinski definition) is 6. The third kappa shape index (κ3) is 3.92. The summed E-state index contributed by atoms with van der Waals surface area (Å²) >= 11 is 0. The van der Waals surface area contributed by atoms with Crippen molar-refractivity contribution in [1.29, 1.82) is 5.26 Å². The van der Waals surface area contributed by atoms with Gasteiger partial charge in [0.15, 0.2) is 17.6 Å². The minimum Gasteiger partial charge on any atom is -0.486 e. The molecule has 1 heterocycles. The summed E-state index contributed by atoms with van der Waals surface area (Å²) in [5.74, 6) is -0.0650. The molecule has 2 aromatic rings. The summed E-state index contributed by atoms with van der Waals surface area (Å²) in [4.78, 5) is 24.4.